The van der Waals surface area contributed by atoms with Crippen molar-refractivity contribution in [1.82, 2.24) is 34.4 Å². The summed E-state index contributed by atoms with van der Waals surface area (Å²) in [5.74, 6) is 0.634. The maximum absolute atomic E-state index is 12.3. The van der Waals surface area contributed by atoms with Crippen molar-refractivity contribution in [3.8, 4) is 5.69 Å². The lowest BCUT2D eigenvalue weighted by molar-refractivity contribution is 0.638. The highest BCUT2D eigenvalue weighted by molar-refractivity contribution is 7.99. The molecule has 0 amide bonds. The monoisotopic (exact) mass is 367 g/mol. The molecule has 0 aliphatic heterocycles. The van der Waals surface area contributed by atoms with Gasteiger partial charge in [-0.1, -0.05) is 36.0 Å². The van der Waals surface area contributed by atoms with Gasteiger partial charge in [-0.05, 0) is 47.5 Å². The minimum atomic E-state index is -0.143. The summed E-state index contributed by atoms with van der Waals surface area (Å²) in [6, 6.07) is 11.6. The minimum Gasteiger partial charge on any atom is -0.250 e. The number of aromatic nitrogens is 7. The zero-order valence-electron chi connectivity index (χ0n) is 14.4. The average Bonchev–Trinajstić information content (AvgIpc) is 3.21. The van der Waals surface area contributed by atoms with E-state index in [2.05, 4.69) is 20.6 Å². The lowest BCUT2D eigenvalue weighted by Gasteiger charge is -2.10. The number of hydrogen-bond donors (Lipinski definition) is 0. The van der Waals surface area contributed by atoms with Crippen LogP contribution in [0.15, 0.2) is 52.5 Å². The predicted molar refractivity (Wildman–Crippen MR) is 98.8 cm³/mol. The highest BCUT2D eigenvalue weighted by Gasteiger charge is 2.14. The first kappa shape index (κ1) is 16.5. The molecule has 0 N–H and O–H groups in total. The number of benzene rings is 1. The Morgan fingerprint density at radius 2 is 1.88 bits per heavy atom. The fraction of sp³-hybridized carbons (Fsp3) is 0.235. The Labute approximate surface area is 153 Å². The van der Waals surface area contributed by atoms with Gasteiger partial charge in [0, 0.05) is 11.9 Å². The predicted octanol–water partition coefficient (Wildman–Crippen LogP) is 1.88. The molecule has 0 radical (unpaired) electrons. The number of para-hydroxylation sites is 1. The molecule has 3 heterocycles. The van der Waals surface area contributed by atoms with Gasteiger partial charge in [0.15, 0.2) is 5.65 Å². The molecule has 8 nitrogen and oxygen atoms in total. The Hall–Kier alpha value is -2.94. The molecule has 4 aromatic rings. The normalized spacial score (nSPS) is 11.3. The first-order valence-corrected chi connectivity index (χ1v) is 9.15. The van der Waals surface area contributed by atoms with Gasteiger partial charge in [-0.2, -0.15) is 4.68 Å². The van der Waals surface area contributed by atoms with Crippen molar-refractivity contribution in [3.63, 3.8) is 0 Å². The van der Waals surface area contributed by atoms with Gasteiger partial charge in [-0.25, -0.2) is 9.48 Å². The fourth-order valence-corrected chi connectivity index (χ4v) is 3.68. The van der Waals surface area contributed by atoms with E-state index in [1.807, 2.05) is 50.2 Å². The van der Waals surface area contributed by atoms with Crippen LogP contribution < -0.4 is 5.69 Å². The van der Waals surface area contributed by atoms with Crippen LogP contribution in [0.1, 0.15) is 11.1 Å². The summed E-state index contributed by atoms with van der Waals surface area (Å²) in [6.07, 6.45) is 1.72. The van der Waals surface area contributed by atoms with E-state index in [9.17, 15) is 4.79 Å². The van der Waals surface area contributed by atoms with Crippen LogP contribution >= 0.6 is 11.8 Å². The van der Waals surface area contributed by atoms with Gasteiger partial charge < -0.3 is 0 Å². The van der Waals surface area contributed by atoms with Gasteiger partial charge in [-0.3, -0.25) is 4.40 Å². The molecule has 0 atom stereocenters. The van der Waals surface area contributed by atoms with Gasteiger partial charge in [0.25, 0.3) is 0 Å². The fourth-order valence-electron chi connectivity index (χ4n) is 2.89. The summed E-state index contributed by atoms with van der Waals surface area (Å²) in [5.41, 5.74) is 3.70. The molecular weight excluding hydrogens is 350 g/mol. The summed E-state index contributed by atoms with van der Waals surface area (Å²) in [7, 11) is 0. The molecule has 0 aliphatic carbocycles. The number of rotatable bonds is 5. The largest absolute Gasteiger partial charge is 0.350 e. The van der Waals surface area contributed by atoms with Crippen LogP contribution in [0.4, 0.5) is 0 Å². The van der Waals surface area contributed by atoms with Gasteiger partial charge in [0.05, 0.1) is 12.2 Å². The van der Waals surface area contributed by atoms with Crippen LogP contribution in [0, 0.1) is 13.8 Å². The van der Waals surface area contributed by atoms with Crippen LogP contribution in [-0.4, -0.2) is 40.1 Å². The zero-order chi connectivity index (χ0) is 18.1. The SMILES string of the molecule is Cc1cccc(C)c1-n1nnnc1SCCn1nc2ccccn2c1=O. The van der Waals surface area contributed by atoms with Crippen molar-refractivity contribution in [2.75, 3.05) is 5.75 Å². The maximum atomic E-state index is 12.3. The van der Waals surface area contributed by atoms with Crippen LogP contribution in [0.3, 0.4) is 0 Å². The third kappa shape index (κ3) is 2.90. The van der Waals surface area contributed by atoms with E-state index in [4.69, 9.17) is 0 Å². The van der Waals surface area contributed by atoms with E-state index in [0.29, 0.717) is 23.1 Å². The van der Waals surface area contributed by atoms with Gasteiger partial charge >= 0.3 is 5.69 Å². The van der Waals surface area contributed by atoms with Gasteiger partial charge in [0.1, 0.15) is 0 Å². The van der Waals surface area contributed by atoms with E-state index in [-0.39, 0.29) is 5.69 Å². The zero-order valence-corrected chi connectivity index (χ0v) is 15.2. The molecule has 0 aliphatic rings. The van der Waals surface area contributed by atoms with Gasteiger partial charge in [0.2, 0.25) is 5.16 Å². The van der Waals surface area contributed by atoms with E-state index >= 15 is 0 Å². The number of pyridine rings is 1. The quantitative estimate of drug-likeness (QED) is 0.501. The second kappa shape index (κ2) is 6.75. The number of tetrazole rings is 1. The molecule has 4 rings (SSSR count). The van der Waals surface area contributed by atoms with Gasteiger partial charge in [-0.15, -0.1) is 10.2 Å². The van der Waals surface area contributed by atoms with E-state index in [1.165, 1.54) is 20.8 Å². The second-order valence-corrected chi connectivity index (χ2v) is 6.96. The van der Waals surface area contributed by atoms with Crippen molar-refractivity contribution in [1.29, 1.82) is 0 Å². The van der Waals surface area contributed by atoms with Crippen molar-refractivity contribution >= 4 is 17.4 Å². The molecule has 0 saturated heterocycles. The Balaban J connectivity index is 1.54. The Bertz CT molecular complexity index is 1110. The number of thioether (sulfide) groups is 1. The maximum Gasteiger partial charge on any atom is 0.350 e. The van der Waals surface area contributed by atoms with Crippen molar-refractivity contribution in [2.24, 2.45) is 0 Å². The summed E-state index contributed by atoms with van der Waals surface area (Å²) < 4.78 is 4.75. The number of hydrogen-bond acceptors (Lipinski definition) is 6. The summed E-state index contributed by atoms with van der Waals surface area (Å²) >= 11 is 1.50. The summed E-state index contributed by atoms with van der Waals surface area (Å²) in [5, 5.41) is 17.1. The molecule has 0 unspecified atom stereocenters. The molecular formula is C17H17N7OS. The lowest BCUT2D eigenvalue weighted by Crippen LogP contribution is -2.22. The van der Waals surface area contributed by atoms with Crippen LogP contribution in [0.5, 0.6) is 0 Å². The topological polar surface area (TPSA) is 82.9 Å². The van der Waals surface area contributed by atoms with Crippen molar-refractivity contribution in [3.05, 3.63) is 64.2 Å². The molecule has 1 aromatic carbocycles. The molecule has 0 bridgehead atoms. The minimum absolute atomic E-state index is 0.143. The highest BCUT2D eigenvalue weighted by Crippen LogP contribution is 2.23. The molecule has 3 aromatic heterocycles. The standard InChI is InChI=1S/C17H17N7OS/c1-12-6-5-7-13(2)15(12)24-16(18-20-21-24)26-11-10-23-17(25)22-9-4-3-8-14(22)19-23/h3-9H,10-11H2,1-2H3. The van der Waals surface area contributed by atoms with E-state index in [0.717, 1.165) is 16.8 Å². The third-order valence-electron chi connectivity index (χ3n) is 4.11. The van der Waals surface area contributed by atoms with Crippen LogP contribution in [0.25, 0.3) is 11.3 Å². The Morgan fingerprint density at radius 1 is 1.08 bits per heavy atom. The number of aryl methyl sites for hydroxylation is 3. The summed E-state index contributed by atoms with van der Waals surface area (Å²) in [6.45, 7) is 4.55. The molecule has 9 heteroatoms. The Morgan fingerprint density at radius 3 is 2.65 bits per heavy atom. The molecule has 132 valence electrons. The third-order valence-corrected chi connectivity index (χ3v) is 5.01. The molecule has 0 fully saturated rings. The van der Waals surface area contributed by atoms with Crippen molar-refractivity contribution in [2.45, 2.75) is 25.5 Å². The number of nitrogens with zero attached hydrogens (tertiary/aromatic N) is 7. The average molecular weight is 367 g/mol. The molecule has 0 spiro atoms. The van der Waals surface area contributed by atoms with E-state index < -0.39 is 0 Å². The second-order valence-electron chi connectivity index (χ2n) is 5.90. The molecule has 0 saturated carbocycles. The first-order valence-electron chi connectivity index (χ1n) is 8.17. The Kier molecular flexibility index (Phi) is 4.29. The lowest BCUT2D eigenvalue weighted by atomic mass is 10.1. The van der Waals surface area contributed by atoms with Crippen LogP contribution in [0.2, 0.25) is 0 Å². The molecule has 26 heavy (non-hydrogen) atoms. The smallest absolute Gasteiger partial charge is 0.250 e. The van der Waals surface area contributed by atoms with E-state index in [1.54, 1.807) is 10.9 Å². The highest BCUT2D eigenvalue weighted by atomic mass is 32.2. The summed E-state index contributed by atoms with van der Waals surface area (Å²) in [4.78, 5) is 12.3. The van der Waals surface area contributed by atoms with Crippen LogP contribution in [-0.2, 0) is 6.54 Å². The van der Waals surface area contributed by atoms with Crippen molar-refractivity contribution < 1.29 is 0 Å². The number of fused-ring (bicyclic) bond motifs is 1. The first-order chi connectivity index (χ1) is 12.6.